The zero-order valence-electron chi connectivity index (χ0n) is 19.8. The molecule has 0 fully saturated rings. The van der Waals surface area contributed by atoms with Crippen molar-refractivity contribution >= 4 is 11.4 Å². The topological polar surface area (TPSA) is 38.4 Å². The van der Waals surface area contributed by atoms with Crippen LogP contribution in [-0.4, -0.2) is 4.86 Å². The van der Waals surface area contributed by atoms with Gasteiger partial charge in [-0.2, -0.15) is 0 Å². The van der Waals surface area contributed by atoms with Crippen molar-refractivity contribution < 1.29 is 4.86 Å². The van der Waals surface area contributed by atoms with Crippen molar-refractivity contribution in [3.8, 4) is 0 Å². The molecule has 0 radical (unpaired) electrons. The third-order valence-corrected chi connectivity index (χ3v) is 6.00. The fourth-order valence-corrected chi connectivity index (χ4v) is 4.13. The van der Waals surface area contributed by atoms with Crippen LogP contribution >= 0.6 is 0 Å². The number of aryl methyl sites for hydroxylation is 1. The van der Waals surface area contributed by atoms with E-state index in [1.165, 1.54) is 88.2 Å². The van der Waals surface area contributed by atoms with Crippen LogP contribution < -0.4 is 0 Å². The molecule has 0 saturated carbocycles. The Labute approximate surface area is 190 Å². The van der Waals surface area contributed by atoms with Crippen LogP contribution in [0.5, 0.6) is 0 Å². The van der Waals surface area contributed by atoms with E-state index in [1.54, 1.807) is 0 Å². The van der Waals surface area contributed by atoms with Crippen molar-refractivity contribution in [2.24, 2.45) is 5.11 Å². The maximum Gasteiger partial charge on any atom is 0.244 e. The van der Waals surface area contributed by atoms with Crippen LogP contribution in [0.15, 0.2) is 53.6 Å². The van der Waals surface area contributed by atoms with Gasteiger partial charge < -0.3 is 5.21 Å². The first kappa shape index (κ1) is 25.1. The summed E-state index contributed by atoms with van der Waals surface area (Å²) in [6, 6.07) is 15.6. The zero-order valence-corrected chi connectivity index (χ0v) is 19.8. The van der Waals surface area contributed by atoms with Crippen molar-refractivity contribution in [3.63, 3.8) is 0 Å². The molecular weight excluding hydrogens is 380 g/mol. The van der Waals surface area contributed by atoms with E-state index in [0.717, 1.165) is 23.4 Å². The monoisotopic (exact) mass is 422 g/mol. The minimum atomic E-state index is 0.578. The van der Waals surface area contributed by atoms with E-state index in [1.807, 2.05) is 36.4 Å². The molecule has 0 aliphatic rings. The van der Waals surface area contributed by atoms with Crippen molar-refractivity contribution in [1.82, 2.24) is 0 Å². The van der Waals surface area contributed by atoms with Gasteiger partial charge >= 0.3 is 0 Å². The third-order valence-electron chi connectivity index (χ3n) is 6.00. The Hall–Kier alpha value is -2.16. The van der Waals surface area contributed by atoms with E-state index >= 15 is 0 Å². The van der Waals surface area contributed by atoms with E-state index in [0.29, 0.717) is 5.69 Å². The van der Waals surface area contributed by atoms with E-state index < -0.39 is 0 Å². The quantitative estimate of drug-likeness (QED) is 0.115. The number of hydrogen-bond acceptors (Lipinski definition) is 2. The smallest absolute Gasteiger partial charge is 0.244 e. The summed E-state index contributed by atoms with van der Waals surface area (Å²) in [6.45, 7) is 4.52. The first-order valence-corrected chi connectivity index (χ1v) is 12.6. The lowest BCUT2D eigenvalue weighted by molar-refractivity contribution is -0.435. The van der Waals surface area contributed by atoms with Crippen molar-refractivity contribution in [2.45, 2.75) is 104 Å². The molecule has 31 heavy (non-hydrogen) atoms. The zero-order chi connectivity index (χ0) is 22.2. The number of benzene rings is 2. The van der Waals surface area contributed by atoms with E-state index in [4.69, 9.17) is 0 Å². The van der Waals surface area contributed by atoms with Gasteiger partial charge in [0, 0.05) is 17.2 Å². The molecule has 0 bridgehead atoms. The van der Waals surface area contributed by atoms with Crippen molar-refractivity contribution in [1.29, 1.82) is 0 Å². The predicted octanol–water partition coefficient (Wildman–Crippen LogP) is 9.42. The van der Waals surface area contributed by atoms with Gasteiger partial charge in [0.25, 0.3) is 0 Å². The average molecular weight is 423 g/mol. The standard InChI is InChI=1S/C28H42N2O/c1-3-5-7-9-11-14-19-25-20-18-24-28(27(25)23-17-12-10-8-6-4-2)29-30(31)26-21-15-13-16-22-26/h13,15-16,18,20-22,24H,3-12,14,17,19,23H2,1-2H3. The Morgan fingerprint density at radius 1 is 0.645 bits per heavy atom. The summed E-state index contributed by atoms with van der Waals surface area (Å²) < 4.78 is 0. The van der Waals surface area contributed by atoms with Crippen LogP contribution in [0, 0.1) is 5.21 Å². The fraction of sp³-hybridized carbons (Fsp3) is 0.571. The number of rotatable bonds is 16. The molecule has 170 valence electrons. The number of para-hydroxylation sites is 1. The minimum absolute atomic E-state index is 0.578. The molecule has 0 N–H and O–H groups in total. The summed E-state index contributed by atoms with van der Waals surface area (Å²) in [5, 5.41) is 17.1. The Morgan fingerprint density at radius 2 is 1.23 bits per heavy atom. The predicted molar refractivity (Wildman–Crippen MR) is 132 cm³/mol. The number of unbranched alkanes of at least 4 members (excludes halogenated alkanes) is 10. The number of hydrogen-bond donors (Lipinski definition) is 0. The molecule has 2 aromatic rings. The molecule has 0 aliphatic heterocycles. The van der Waals surface area contributed by atoms with Gasteiger partial charge in [-0.1, -0.05) is 113 Å². The molecule has 0 atom stereocenters. The second-order valence-corrected chi connectivity index (χ2v) is 8.66. The maximum atomic E-state index is 12.6. The summed E-state index contributed by atoms with van der Waals surface area (Å²) in [6.07, 6.45) is 17.6. The first-order valence-electron chi connectivity index (χ1n) is 12.6. The van der Waals surface area contributed by atoms with E-state index in [2.05, 4.69) is 31.1 Å². The van der Waals surface area contributed by atoms with E-state index in [-0.39, 0.29) is 0 Å². The van der Waals surface area contributed by atoms with Gasteiger partial charge in [-0.15, -0.1) is 0 Å². The lowest BCUT2D eigenvalue weighted by Crippen LogP contribution is -1.98. The summed E-state index contributed by atoms with van der Waals surface area (Å²) >= 11 is 0. The Bertz CT molecular complexity index is 755. The molecule has 3 nitrogen and oxygen atoms in total. The molecule has 0 spiro atoms. The van der Waals surface area contributed by atoms with Gasteiger partial charge in [0.05, 0.1) is 0 Å². The molecule has 0 saturated heterocycles. The largest absolute Gasteiger partial charge is 0.594 e. The van der Waals surface area contributed by atoms with Gasteiger partial charge in [0.2, 0.25) is 5.69 Å². The Kier molecular flexibility index (Phi) is 12.6. The normalized spacial score (nSPS) is 11.7. The molecule has 0 aromatic heterocycles. The van der Waals surface area contributed by atoms with Gasteiger partial charge in [-0.05, 0) is 42.9 Å². The lowest BCUT2D eigenvalue weighted by atomic mass is 9.95. The Morgan fingerprint density at radius 3 is 1.87 bits per heavy atom. The molecule has 0 amide bonds. The Balaban J connectivity index is 2.09. The van der Waals surface area contributed by atoms with Crippen LogP contribution in [0.3, 0.4) is 0 Å². The second-order valence-electron chi connectivity index (χ2n) is 8.66. The molecule has 2 rings (SSSR count). The molecule has 0 unspecified atom stereocenters. The van der Waals surface area contributed by atoms with Crippen LogP contribution in [0.2, 0.25) is 0 Å². The highest BCUT2D eigenvalue weighted by Gasteiger charge is 2.12. The molecule has 0 heterocycles. The SMILES string of the molecule is CCCCCCCCc1cccc(N=[N+]([O-])c2ccccc2)c1CCCCCCCC. The fourth-order valence-electron chi connectivity index (χ4n) is 4.13. The molecule has 2 aromatic carbocycles. The minimum Gasteiger partial charge on any atom is -0.594 e. The number of nitrogens with zero attached hydrogens (tertiary/aromatic N) is 2. The van der Waals surface area contributed by atoms with Crippen molar-refractivity contribution in [3.05, 3.63) is 64.9 Å². The van der Waals surface area contributed by atoms with Gasteiger partial charge in [-0.25, -0.2) is 0 Å². The van der Waals surface area contributed by atoms with Crippen LogP contribution in [-0.2, 0) is 12.8 Å². The lowest BCUT2D eigenvalue weighted by Gasteiger charge is -2.12. The first-order chi connectivity index (χ1) is 15.3. The molecule has 3 heteroatoms. The van der Waals surface area contributed by atoms with Gasteiger partial charge in [0.15, 0.2) is 0 Å². The van der Waals surface area contributed by atoms with E-state index in [9.17, 15) is 5.21 Å². The van der Waals surface area contributed by atoms with Gasteiger partial charge in [0.1, 0.15) is 5.69 Å². The van der Waals surface area contributed by atoms with Crippen LogP contribution in [0.25, 0.3) is 0 Å². The van der Waals surface area contributed by atoms with Crippen LogP contribution in [0.1, 0.15) is 102 Å². The molecular formula is C28H42N2O. The van der Waals surface area contributed by atoms with Crippen LogP contribution in [0.4, 0.5) is 11.4 Å². The highest BCUT2D eigenvalue weighted by molar-refractivity contribution is 5.50. The highest BCUT2D eigenvalue weighted by atomic mass is 16.5. The third kappa shape index (κ3) is 9.67. The van der Waals surface area contributed by atoms with Crippen molar-refractivity contribution in [2.75, 3.05) is 0 Å². The summed E-state index contributed by atoms with van der Waals surface area (Å²) in [5.74, 6) is 0. The second kappa shape index (κ2) is 15.6. The summed E-state index contributed by atoms with van der Waals surface area (Å²) in [7, 11) is 0. The summed E-state index contributed by atoms with van der Waals surface area (Å²) in [4.78, 5) is 0.772. The highest BCUT2D eigenvalue weighted by Crippen LogP contribution is 2.28. The average Bonchev–Trinajstić information content (AvgIpc) is 2.80. The van der Waals surface area contributed by atoms with Gasteiger partial charge in [-0.3, -0.25) is 0 Å². The molecule has 0 aliphatic carbocycles. The summed E-state index contributed by atoms with van der Waals surface area (Å²) in [5.41, 5.74) is 4.08. The maximum absolute atomic E-state index is 12.6. The number of azo groups is 1.